The normalized spacial score (nSPS) is 9.89. The Labute approximate surface area is 105 Å². The quantitative estimate of drug-likeness (QED) is 0.857. The number of anilines is 2. The largest absolute Gasteiger partial charge is 0.497 e. The number of benzene rings is 1. The molecule has 1 aromatic heterocycles. The highest BCUT2D eigenvalue weighted by Crippen LogP contribution is 2.24. The van der Waals surface area contributed by atoms with Gasteiger partial charge in [0, 0.05) is 13.1 Å². The molecule has 6 heteroatoms. The van der Waals surface area contributed by atoms with Crippen LogP contribution < -0.4 is 20.5 Å². The third kappa shape index (κ3) is 2.79. The van der Waals surface area contributed by atoms with Gasteiger partial charge >= 0.3 is 0 Å². The maximum Gasteiger partial charge on any atom is 0.226 e. The van der Waals surface area contributed by atoms with Gasteiger partial charge in [-0.2, -0.15) is 9.97 Å². The number of aromatic nitrogens is 2. The maximum atomic E-state index is 5.57. The monoisotopic (exact) mass is 246 g/mol. The van der Waals surface area contributed by atoms with Crippen LogP contribution in [0.3, 0.4) is 0 Å². The Bertz CT molecular complexity index is 528. The minimum absolute atomic E-state index is 0.158. The summed E-state index contributed by atoms with van der Waals surface area (Å²) >= 11 is 0. The van der Waals surface area contributed by atoms with Crippen molar-refractivity contribution >= 4 is 11.8 Å². The van der Waals surface area contributed by atoms with Gasteiger partial charge in [0.2, 0.25) is 11.8 Å². The smallest absolute Gasteiger partial charge is 0.226 e. The molecular formula is C12H14N4O2. The topological polar surface area (TPSA) is 82.3 Å². The summed E-state index contributed by atoms with van der Waals surface area (Å²) < 4.78 is 10.6. The summed E-state index contributed by atoms with van der Waals surface area (Å²) in [5.74, 6) is 2.56. The van der Waals surface area contributed by atoms with Crippen LogP contribution in [0.15, 0.2) is 30.3 Å². The van der Waals surface area contributed by atoms with E-state index in [1.54, 1.807) is 44.5 Å². The number of nitrogens with two attached hydrogens (primary N) is 1. The molecule has 2 rings (SSSR count). The van der Waals surface area contributed by atoms with Crippen LogP contribution in [0.4, 0.5) is 11.8 Å². The molecule has 0 radical (unpaired) electrons. The molecule has 2 aromatic rings. The lowest BCUT2D eigenvalue weighted by Crippen LogP contribution is -2.01. The zero-order valence-corrected chi connectivity index (χ0v) is 10.2. The Morgan fingerprint density at radius 3 is 2.39 bits per heavy atom. The summed E-state index contributed by atoms with van der Waals surface area (Å²) in [6.45, 7) is 0. The van der Waals surface area contributed by atoms with Gasteiger partial charge in [-0.3, -0.25) is 0 Å². The van der Waals surface area contributed by atoms with Crippen molar-refractivity contribution in [2.24, 2.45) is 0 Å². The molecule has 0 unspecified atom stereocenters. The van der Waals surface area contributed by atoms with E-state index in [1.807, 2.05) is 0 Å². The molecule has 0 aliphatic heterocycles. The van der Waals surface area contributed by atoms with Crippen LogP contribution in [0.5, 0.6) is 17.4 Å². The van der Waals surface area contributed by atoms with Gasteiger partial charge < -0.3 is 20.5 Å². The lowest BCUT2D eigenvalue weighted by atomic mass is 10.3. The SMILES string of the molecule is CNc1cc(Oc2ccc(OC)cc2)nc(N)n1. The molecule has 0 bridgehead atoms. The predicted molar refractivity (Wildman–Crippen MR) is 69.1 cm³/mol. The molecule has 0 atom stereocenters. The van der Waals surface area contributed by atoms with E-state index in [-0.39, 0.29) is 5.95 Å². The Morgan fingerprint density at radius 1 is 1.11 bits per heavy atom. The van der Waals surface area contributed by atoms with Crippen LogP contribution >= 0.6 is 0 Å². The number of hydrogen-bond donors (Lipinski definition) is 2. The number of nitrogen functional groups attached to an aromatic ring is 1. The van der Waals surface area contributed by atoms with Crippen LogP contribution in [-0.4, -0.2) is 24.1 Å². The minimum Gasteiger partial charge on any atom is -0.497 e. The second-order valence-electron chi connectivity index (χ2n) is 3.48. The van der Waals surface area contributed by atoms with E-state index in [0.29, 0.717) is 17.4 Å². The number of hydrogen-bond acceptors (Lipinski definition) is 6. The number of nitrogens with zero attached hydrogens (tertiary/aromatic N) is 2. The van der Waals surface area contributed by atoms with Crippen molar-refractivity contribution in [2.45, 2.75) is 0 Å². The Balaban J connectivity index is 2.19. The van der Waals surface area contributed by atoms with Crippen molar-refractivity contribution in [1.82, 2.24) is 9.97 Å². The zero-order chi connectivity index (χ0) is 13.0. The van der Waals surface area contributed by atoms with Crippen molar-refractivity contribution in [3.05, 3.63) is 30.3 Å². The fraction of sp³-hybridized carbons (Fsp3) is 0.167. The molecule has 0 saturated carbocycles. The van der Waals surface area contributed by atoms with Gasteiger partial charge in [0.25, 0.3) is 0 Å². The van der Waals surface area contributed by atoms with Crippen molar-refractivity contribution < 1.29 is 9.47 Å². The molecule has 0 spiro atoms. The van der Waals surface area contributed by atoms with E-state index < -0.39 is 0 Å². The third-order valence-electron chi connectivity index (χ3n) is 2.26. The van der Waals surface area contributed by atoms with E-state index >= 15 is 0 Å². The zero-order valence-electron chi connectivity index (χ0n) is 10.2. The van der Waals surface area contributed by atoms with Gasteiger partial charge in [-0.05, 0) is 24.3 Å². The summed E-state index contributed by atoms with van der Waals surface area (Å²) in [4.78, 5) is 7.97. The lowest BCUT2D eigenvalue weighted by molar-refractivity contribution is 0.412. The summed E-state index contributed by atoms with van der Waals surface area (Å²) in [7, 11) is 3.36. The highest BCUT2D eigenvalue weighted by molar-refractivity contribution is 5.43. The van der Waals surface area contributed by atoms with Crippen LogP contribution in [0.2, 0.25) is 0 Å². The van der Waals surface area contributed by atoms with Crippen molar-refractivity contribution in [3.8, 4) is 17.4 Å². The first-order chi connectivity index (χ1) is 8.71. The molecule has 94 valence electrons. The summed E-state index contributed by atoms with van der Waals surface area (Å²) in [6, 6.07) is 8.85. The molecule has 0 fully saturated rings. The fourth-order valence-electron chi connectivity index (χ4n) is 1.39. The Hall–Kier alpha value is -2.50. The Morgan fingerprint density at radius 2 is 1.78 bits per heavy atom. The first-order valence-electron chi connectivity index (χ1n) is 5.35. The molecule has 6 nitrogen and oxygen atoms in total. The van der Waals surface area contributed by atoms with Crippen LogP contribution in [-0.2, 0) is 0 Å². The van der Waals surface area contributed by atoms with Gasteiger partial charge in [-0.25, -0.2) is 0 Å². The second-order valence-corrected chi connectivity index (χ2v) is 3.48. The average molecular weight is 246 g/mol. The van der Waals surface area contributed by atoms with E-state index in [9.17, 15) is 0 Å². The van der Waals surface area contributed by atoms with Crippen LogP contribution in [0.25, 0.3) is 0 Å². The molecule has 0 saturated heterocycles. The predicted octanol–water partition coefficient (Wildman–Crippen LogP) is 1.90. The van der Waals surface area contributed by atoms with Gasteiger partial charge in [0.15, 0.2) is 0 Å². The van der Waals surface area contributed by atoms with Crippen LogP contribution in [0, 0.1) is 0 Å². The average Bonchev–Trinajstić information content (AvgIpc) is 2.39. The van der Waals surface area contributed by atoms with Crippen molar-refractivity contribution in [3.63, 3.8) is 0 Å². The Kier molecular flexibility index (Phi) is 3.47. The van der Waals surface area contributed by atoms with Crippen molar-refractivity contribution in [1.29, 1.82) is 0 Å². The molecule has 18 heavy (non-hydrogen) atoms. The number of nitrogens with one attached hydrogen (secondary N) is 1. The second kappa shape index (κ2) is 5.22. The first-order valence-corrected chi connectivity index (χ1v) is 5.35. The van der Waals surface area contributed by atoms with Gasteiger partial charge in [0.1, 0.15) is 17.3 Å². The molecule has 1 heterocycles. The van der Waals surface area contributed by atoms with E-state index in [4.69, 9.17) is 15.2 Å². The van der Waals surface area contributed by atoms with E-state index in [0.717, 1.165) is 5.75 Å². The van der Waals surface area contributed by atoms with E-state index in [1.165, 1.54) is 0 Å². The third-order valence-corrected chi connectivity index (χ3v) is 2.26. The molecular weight excluding hydrogens is 232 g/mol. The van der Waals surface area contributed by atoms with Gasteiger partial charge in [0.05, 0.1) is 7.11 Å². The molecule has 0 amide bonds. The summed E-state index contributed by atoms with van der Waals surface area (Å²) in [6.07, 6.45) is 0. The van der Waals surface area contributed by atoms with Gasteiger partial charge in [-0.1, -0.05) is 0 Å². The summed E-state index contributed by atoms with van der Waals surface area (Å²) in [5.41, 5.74) is 5.57. The molecule has 0 aliphatic carbocycles. The number of rotatable bonds is 4. The lowest BCUT2D eigenvalue weighted by Gasteiger charge is -2.07. The highest BCUT2D eigenvalue weighted by Gasteiger charge is 2.04. The van der Waals surface area contributed by atoms with Crippen molar-refractivity contribution in [2.75, 3.05) is 25.2 Å². The molecule has 3 N–H and O–H groups in total. The number of methoxy groups -OCH3 is 1. The summed E-state index contributed by atoms with van der Waals surface area (Å²) in [5, 5.41) is 2.88. The van der Waals surface area contributed by atoms with Gasteiger partial charge in [-0.15, -0.1) is 0 Å². The van der Waals surface area contributed by atoms with Crippen LogP contribution in [0.1, 0.15) is 0 Å². The van der Waals surface area contributed by atoms with E-state index in [2.05, 4.69) is 15.3 Å². The standard InChI is InChI=1S/C12H14N4O2/c1-14-10-7-11(16-12(13)15-10)18-9-5-3-8(17-2)4-6-9/h3-7H,1-2H3,(H3,13,14,15,16). The maximum absolute atomic E-state index is 5.57. The fourth-order valence-corrected chi connectivity index (χ4v) is 1.39. The highest BCUT2D eigenvalue weighted by atomic mass is 16.5. The molecule has 1 aromatic carbocycles. The molecule has 0 aliphatic rings. The minimum atomic E-state index is 0.158. The first kappa shape index (κ1) is 12.0. The number of ether oxygens (including phenoxy) is 2.